The fourth-order valence-corrected chi connectivity index (χ4v) is 3.45. The van der Waals surface area contributed by atoms with E-state index in [9.17, 15) is 22.8 Å². The van der Waals surface area contributed by atoms with E-state index in [0.717, 1.165) is 4.31 Å². The zero-order chi connectivity index (χ0) is 17.1. The van der Waals surface area contributed by atoms with Gasteiger partial charge >= 0.3 is 25.5 Å². The van der Waals surface area contributed by atoms with Crippen molar-refractivity contribution in [3.05, 3.63) is 12.2 Å². The van der Waals surface area contributed by atoms with Crippen molar-refractivity contribution in [2.24, 2.45) is 11.8 Å². The molecule has 1 heterocycles. The number of nitrogens with zero attached hydrogens (tertiary/aromatic N) is 1. The summed E-state index contributed by atoms with van der Waals surface area (Å²) in [6.07, 6.45) is 4.94. The minimum Gasteiger partial charge on any atom is -1.00 e. The van der Waals surface area contributed by atoms with Crippen LogP contribution in [0.1, 0.15) is 14.3 Å². The summed E-state index contributed by atoms with van der Waals surface area (Å²) in [5.41, 5.74) is 0. The second kappa shape index (κ2) is 10.1. The molecule has 1 aliphatic carbocycles. The first-order chi connectivity index (χ1) is 10.1. The molecule has 0 radical (unpaired) electrons. The molecule has 0 saturated carbocycles. The molecule has 0 aromatic carbocycles. The molecule has 2 atom stereocenters. The molecule has 2 rings (SSSR count). The van der Waals surface area contributed by atoms with E-state index in [0.29, 0.717) is 24.8 Å². The minimum atomic E-state index is -3.67. The number of carbonyl (C=O) groups is 2. The summed E-state index contributed by atoms with van der Waals surface area (Å²) in [4.78, 5) is 23.1. The molecule has 2 unspecified atom stereocenters. The molecule has 0 bridgehead atoms. The third-order valence-electron chi connectivity index (χ3n) is 2.93. The van der Waals surface area contributed by atoms with Crippen LogP contribution in [0.15, 0.2) is 12.2 Å². The zero-order valence-corrected chi connectivity index (χ0v) is 15.5. The number of rotatable bonds is 3. The summed E-state index contributed by atoms with van der Waals surface area (Å²) >= 11 is 23.7. The van der Waals surface area contributed by atoms with Crippen molar-refractivity contribution in [2.45, 2.75) is 28.0 Å². The summed E-state index contributed by atoms with van der Waals surface area (Å²) < 4.78 is 28.4. The number of hydrogen-bond acceptors (Lipinski definition) is 3. The molecule has 0 aromatic rings. The van der Waals surface area contributed by atoms with E-state index in [2.05, 4.69) is 0 Å². The molecule has 1 aliphatic heterocycles. The van der Waals surface area contributed by atoms with Crippen LogP contribution in [0.25, 0.3) is 0 Å². The normalized spacial score (nSPS) is 23.6. The number of amides is 2. The summed E-state index contributed by atoms with van der Waals surface area (Å²) in [5, 5.41) is 0. The molecule has 0 spiro atoms. The molecule has 2 amide bonds. The van der Waals surface area contributed by atoms with Gasteiger partial charge in [0.15, 0.2) is 4.84 Å². The van der Waals surface area contributed by atoms with Gasteiger partial charge in [0.05, 0.1) is 11.8 Å². The quantitative estimate of drug-likeness (QED) is 0.227. The van der Waals surface area contributed by atoms with E-state index in [4.69, 9.17) is 46.4 Å². The van der Waals surface area contributed by atoms with Gasteiger partial charge in [0.2, 0.25) is 15.5 Å². The van der Waals surface area contributed by atoms with Crippen molar-refractivity contribution in [1.29, 1.82) is 0 Å². The maximum atomic E-state index is 12.1. The standard InChI is InChI=1S/C10H9Cl4NO2S.CHF3.Li.H/c11-9(12)10(13,14)18-15-7(16)5-3-1-2-4-6(5)8(15)17;2-1(3)4;;/h1-2,5-6,9H,3-4H2;1H;;/q;;+1;-1. The molecule has 0 N–H and O–H groups in total. The fraction of sp³-hybridized carbons (Fsp3) is 0.636. The van der Waals surface area contributed by atoms with Gasteiger partial charge in [-0.1, -0.05) is 35.4 Å². The number of allylic oxidation sites excluding steroid dienone is 2. The molecule has 1 fully saturated rings. The van der Waals surface area contributed by atoms with Crippen molar-refractivity contribution in [3.63, 3.8) is 0 Å². The molecule has 3 nitrogen and oxygen atoms in total. The van der Waals surface area contributed by atoms with E-state index >= 15 is 0 Å². The van der Waals surface area contributed by atoms with E-state index in [1.54, 1.807) is 0 Å². The first kappa shape index (κ1) is 23.8. The Balaban J connectivity index is 0. The first-order valence-corrected chi connectivity index (χ1v) is 8.28. The van der Waals surface area contributed by atoms with Gasteiger partial charge in [-0.2, -0.15) is 13.2 Å². The average Bonchev–Trinajstić information content (AvgIpc) is 2.64. The summed E-state index contributed by atoms with van der Waals surface area (Å²) in [6, 6.07) is 0. The van der Waals surface area contributed by atoms with Crippen LogP contribution in [0.5, 0.6) is 0 Å². The molecule has 0 aromatic heterocycles. The Morgan fingerprint density at radius 2 is 1.48 bits per heavy atom. The van der Waals surface area contributed by atoms with E-state index in [-0.39, 0.29) is 43.9 Å². The maximum Gasteiger partial charge on any atom is 1.00 e. The van der Waals surface area contributed by atoms with Gasteiger partial charge in [-0.05, 0) is 12.8 Å². The molecule has 23 heavy (non-hydrogen) atoms. The van der Waals surface area contributed by atoms with Gasteiger partial charge in [-0.3, -0.25) is 9.59 Å². The maximum absolute atomic E-state index is 12.1. The predicted octanol–water partition coefficient (Wildman–Crippen LogP) is 1.82. The number of alkyl halides is 7. The van der Waals surface area contributed by atoms with Crippen LogP contribution in [0, 0.1) is 11.8 Å². The number of halogens is 7. The Hall–Kier alpha value is 0.777. The number of fused-ring (bicyclic) bond motifs is 1. The Morgan fingerprint density at radius 3 is 1.78 bits per heavy atom. The molecule has 2 aliphatic rings. The average molecular weight is 427 g/mol. The van der Waals surface area contributed by atoms with E-state index in [1.165, 1.54) is 0 Å². The Morgan fingerprint density at radius 1 is 1.13 bits per heavy atom. The van der Waals surface area contributed by atoms with Gasteiger partial charge in [-0.25, -0.2) is 4.31 Å². The summed E-state index contributed by atoms with van der Waals surface area (Å²) in [6.45, 7) is -3.67. The fourth-order valence-electron chi connectivity index (χ4n) is 2.02. The Bertz CT molecular complexity index is 448. The monoisotopic (exact) mass is 425 g/mol. The van der Waals surface area contributed by atoms with E-state index in [1.807, 2.05) is 12.2 Å². The van der Waals surface area contributed by atoms with Gasteiger partial charge in [0.25, 0.3) is 0 Å². The third-order valence-corrected chi connectivity index (χ3v) is 6.17. The predicted molar refractivity (Wildman–Crippen MR) is 83.0 cm³/mol. The van der Waals surface area contributed by atoms with Crippen LogP contribution in [-0.2, 0) is 9.59 Å². The largest absolute Gasteiger partial charge is 1.00 e. The van der Waals surface area contributed by atoms with Crippen LogP contribution in [0.4, 0.5) is 13.2 Å². The van der Waals surface area contributed by atoms with Crippen molar-refractivity contribution >= 4 is 70.2 Å². The van der Waals surface area contributed by atoms with Crippen LogP contribution >= 0.6 is 58.4 Å². The van der Waals surface area contributed by atoms with Crippen LogP contribution < -0.4 is 18.9 Å². The SMILES string of the molecule is FC(F)F.O=C1C2CC=CCC2C(=O)N1SC(Cl)(Cl)C(Cl)Cl.[H-].[Li+]. The first-order valence-electron chi connectivity index (χ1n) is 5.88. The van der Waals surface area contributed by atoms with Crippen LogP contribution in [0.2, 0.25) is 0 Å². The number of carbonyl (C=O) groups excluding carboxylic acids is 2. The van der Waals surface area contributed by atoms with Gasteiger partial charge < -0.3 is 1.43 Å². The topological polar surface area (TPSA) is 37.4 Å². The van der Waals surface area contributed by atoms with Gasteiger partial charge in [0.1, 0.15) is 0 Å². The summed E-state index contributed by atoms with van der Waals surface area (Å²) in [7, 11) is 0. The third kappa shape index (κ3) is 6.54. The number of imide groups is 1. The van der Waals surface area contributed by atoms with Crippen LogP contribution in [0.3, 0.4) is 0 Å². The summed E-state index contributed by atoms with van der Waals surface area (Å²) in [5.74, 6) is -1.19. The molecular formula is C11H11Cl4F3LiNO2S. The van der Waals surface area contributed by atoms with Gasteiger partial charge in [-0.15, -0.1) is 23.2 Å². The molecular weight excluding hydrogens is 416 g/mol. The van der Waals surface area contributed by atoms with Crippen molar-refractivity contribution in [2.75, 3.05) is 0 Å². The molecule has 1 saturated heterocycles. The smallest absolute Gasteiger partial charge is 1.00 e. The van der Waals surface area contributed by atoms with Crippen molar-refractivity contribution < 1.29 is 43.0 Å². The van der Waals surface area contributed by atoms with Crippen molar-refractivity contribution in [1.82, 2.24) is 4.31 Å². The molecule has 12 heteroatoms. The Kier molecular flexibility index (Phi) is 10.4. The van der Waals surface area contributed by atoms with E-state index < -0.39 is 15.2 Å². The zero-order valence-electron chi connectivity index (χ0n) is 12.7. The molecule has 128 valence electrons. The van der Waals surface area contributed by atoms with Gasteiger partial charge in [0, 0.05) is 11.9 Å². The Labute approximate surface area is 169 Å². The second-order valence-corrected chi connectivity index (χ2v) is 8.45. The number of hydrogen-bond donors (Lipinski definition) is 0. The van der Waals surface area contributed by atoms with Crippen LogP contribution in [-0.4, -0.2) is 31.3 Å². The minimum absolute atomic E-state index is 0. The van der Waals surface area contributed by atoms with Crippen molar-refractivity contribution in [3.8, 4) is 0 Å². The second-order valence-electron chi connectivity index (χ2n) is 4.33.